The fourth-order valence-corrected chi connectivity index (χ4v) is 3.22. The van der Waals surface area contributed by atoms with Gasteiger partial charge in [-0.05, 0) is 53.6 Å². The summed E-state index contributed by atoms with van der Waals surface area (Å²) in [5.74, 6) is -1.76. The Bertz CT molecular complexity index is 467. The van der Waals surface area contributed by atoms with Crippen LogP contribution < -0.4 is 5.73 Å². The van der Waals surface area contributed by atoms with E-state index in [0.29, 0.717) is 22.9 Å². The van der Waals surface area contributed by atoms with Gasteiger partial charge < -0.3 is 5.73 Å². The van der Waals surface area contributed by atoms with Crippen LogP contribution >= 0.6 is 15.9 Å². The molecule has 1 aromatic carbocycles. The van der Waals surface area contributed by atoms with Crippen molar-refractivity contribution in [2.45, 2.75) is 37.9 Å². The molecule has 6 heteroatoms. The van der Waals surface area contributed by atoms with Gasteiger partial charge in [-0.2, -0.15) is 13.2 Å². The standard InChI is InChI=1S/C14H16BrF4N/c15-11-3-1-2-10(12(11)16)13(20)8-4-6-9(7-5-8)14(17,18)19/h1-3,8-9,13H,4-7,20H2. The predicted octanol–water partition coefficient (Wildman–Crippen LogP) is 4.96. The molecule has 0 amide bonds. The highest BCUT2D eigenvalue weighted by atomic mass is 79.9. The first kappa shape index (κ1) is 15.8. The van der Waals surface area contributed by atoms with E-state index >= 15 is 0 Å². The number of hydrogen-bond acceptors (Lipinski definition) is 1. The second-order valence-electron chi connectivity index (χ2n) is 5.32. The van der Waals surface area contributed by atoms with Gasteiger partial charge in [0.2, 0.25) is 0 Å². The van der Waals surface area contributed by atoms with Crippen LogP contribution in [-0.4, -0.2) is 6.18 Å². The first-order chi connectivity index (χ1) is 9.30. The Morgan fingerprint density at radius 1 is 1.15 bits per heavy atom. The molecule has 20 heavy (non-hydrogen) atoms. The molecule has 2 N–H and O–H groups in total. The molecule has 0 radical (unpaired) electrons. The molecule has 1 nitrogen and oxygen atoms in total. The van der Waals surface area contributed by atoms with Crippen molar-refractivity contribution in [1.29, 1.82) is 0 Å². The van der Waals surface area contributed by atoms with Gasteiger partial charge in [0, 0.05) is 11.6 Å². The molecule has 1 unspecified atom stereocenters. The molecule has 0 heterocycles. The van der Waals surface area contributed by atoms with E-state index < -0.39 is 24.0 Å². The normalized spacial score (nSPS) is 25.5. The maximum absolute atomic E-state index is 14.0. The molecule has 2 rings (SSSR count). The Kier molecular flexibility index (Phi) is 4.74. The van der Waals surface area contributed by atoms with Crippen molar-refractivity contribution in [3.05, 3.63) is 34.1 Å². The van der Waals surface area contributed by atoms with Crippen LogP contribution in [0.2, 0.25) is 0 Å². The number of nitrogens with two attached hydrogens (primary N) is 1. The van der Waals surface area contributed by atoms with Crippen molar-refractivity contribution in [3.63, 3.8) is 0 Å². The van der Waals surface area contributed by atoms with Gasteiger partial charge >= 0.3 is 6.18 Å². The summed E-state index contributed by atoms with van der Waals surface area (Å²) in [5, 5.41) is 0. The summed E-state index contributed by atoms with van der Waals surface area (Å²) in [4.78, 5) is 0. The molecular weight excluding hydrogens is 338 g/mol. The summed E-state index contributed by atoms with van der Waals surface area (Å²) in [6, 6.07) is 4.30. The summed E-state index contributed by atoms with van der Waals surface area (Å²) >= 11 is 3.09. The lowest BCUT2D eigenvalue weighted by Crippen LogP contribution is -2.32. The van der Waals surface area contributed by atoms with Gasteiger partial charge in [0.25, 0.3) is 0 Å². The molecule has 0 bridgehead atoms. The van der Waals surface area contributed by atoms with Gasteiger partial charge in [-0.25, -0.2) is 4.39 Å². The number of hydrogen-bond donors (Lipinski definition) is 1. The Hall–Kier alpha value is -0.620. The van der Waals surface area contributed by atoms with E-state index in [-0.39, 0.29) is 18.8 Å². The maximum Gasteiger partial charge on any atom is 0.391 e. The molecule has 112 valence electrons. The van der Waals surface area contributed by atoms with Crippen molar-refractivity contribution < 1.29 is 17.6 Å². The zero-order valence-corrected chi connectivity index (χ0v) is 12.3. The minimum absolute atomic E-state index is 0.0808. The molecule has 1 fully saturated rings. The second kappa shape index (κ2) is 6.02. The molecule has 0 aromatic heterocycles. The number of halogens is 5. The van der Waals surface area contributed by atoms with Crippen molar-refractivity contribution in [1.82, 2.24) is 0 Å². The fourth-order valence-electron chi connectivity index (χ4n) is 2.84. The predicted molar refractivity (Wildman–Crippen MR) is 72.5 cm³/mol. The lowest BCUT2D eigenvalue weighted by atomic mass is 9.76. The van der Waals surface area contributed by atoms with Crippen molar-refractivity contribution in [2.24, 2.45) is 17.6 Å². The highest BCUT2D eigenvalue weighted by Crippen LogP contribution is 2.43. The van der Waals surface area contributed by atoms with Crippen molar-refractivity contribution in [3.8, 4) is 0 Å². The van der Waals surface area contributed by atoms with Gasteiger partial charge in [-0.1, -0.05) is 12.1 Å². The number of rotatable bonds is 2. The average molecular weight is 354 g/mol. The molecule has 0 saturated heterocycles. The van der Waals surface area contributed by atoms with E-state index in [0.717, 1.165) is 0 Å². The second-order valence-corrected chi connectivity index (χ2v) is 6.18. The first-order valence-electron chi connectivity index (χ1n) is 6.57. The third kappa shape index (κ3) is 3.34. The van der Waals surface area contributed by atoms with Crippen LogP contribution in [-0.2, 0) is 0 Å². The van der Waals surface area contributed by atoms with Crippen LogP contribution in [0.25, 0.3) is 0 Å². The number of alkyl halides is 3. The van der Waals surface area contributed by atoms with Gasteiger partial charge in [0.05, 0.1) is 10.4 Å². The maximum atomic E-state index is 14.0. The Morgan fingerprint density at radius 3 is 2.30 bits per heavy atom. The third-order valence-corrected chi connectivity index (χ3v) is 4.70. The summed E-state index contributed by atoms with van der Waals surface area (Å²) in [6.45, 7) is 0. The molecular formula is C14H16BrF4N. The average Bonchev–Trinajstić information content (AvgIpc) is 2.40. The van der Waals surface area contributed by atoms with Crippen molar-refractivity contribution >= 4 is 15.9 Å². The topological polar surface area (TPSA) is 26.0 Å². The van der Waals surface area contributed by atoms with Crippen LogP contribution in [0.15, 0.2) is 22.7 Å². The van der Waals surface area contributed by atoms with Crippen LogP contribution in [0.5, 0.6) is 0 Å². The van der Waals surface area contributed by atoms with E-state index in [1.54, 1.807) is 18.2 Å². The van der Waals surface area contributed by atoms with E-state index in [1.165, 1.54) is 0 Å². The van der Waals surface area contributed by atoms with Crippen LogP contribution in [0.1, 0.15) is 37.3 Å². The summed E-state index contributed by atoms with van der Waals surface area (Å²) in [6.07, 6.45) is -3.19. The highest BCUT2D eigenvalue weighted by molar-refractivity contribution is 9.10. The van der Waals surface area contributed by atoms with E-state index in [4.69, 9.17) is 5.73 Å². The van der Waals surface area contributed by atoms with Crippen LogP contribution in [0.4, 0.5) is 17.6 Å². The zero-order chi connectivity index (χ0) is 14.9. The highest BCUT2D eigenvalue weighted by Gasteiger charge is 2.42. The SMILES string of the molecule is NC(c1cccc(Br)c1F)C1CCC(C(F)(F)F)CC1. The van der Waals surface area contributed by atoms with Crippen LogP contribution in [0.3, 0.4) is 0 Å². The first-order valence-corrected chi connectivity index (χ1v) is 7.36. The molecule has 1 aromatic rings. The van der Waals surface area contributed by atoms with Crippen molar-refractivity contribution in [2.75, 3.05) is 0 Å². The van der Waals surface area contributed by atoms with E-state index in [1.807, 2.05) is 0 Å². The Morgan fingerprint density at radius 2 is 1.75 bits per heavy atom. The van der Waals surface area contributed by atoms with Gasteiger partial charge in [0.1, 0.15) is 5.82 Å². The molecule has 0 aliphatic heterocycles. The molecule has 1 atom stereocenters. The molecule has 1 saturated carbocycles. The quantitative estimate of drug-likeness (QED) is 0.747. The third-order valence-electron chi connectivity index (χ3n) is 4.08. The lowest BCUT2D eigenvalue weighted by Gasteiger charge is -2.33. The van der Waals surface area contributed by atoms with E-state index in [2.05, 4.69) is 15.9 Å². The van der Waals surface area contributed by atoms with Crippen LogP contribution in [0, 0.1) is 17.7 Å². The zero-order valence-electron chi connectivity index (χ0n) is 10.8. The largest absolute Gasteiger partial charge is 0.391 e. The Labute approximate surface area is 123 Å². The molecule has 1 aliphatic carbocycles. The lowest BCUT2D eigenvalue weighted by molar-refractivity contribution is -0.184. The van der Waals surface area contributed by atoms with Gasteiger partial charge in [0.15, 0.2) is 0 Å². The summed E-state index contributed by atoms with van der Waals surface area (Å²) < 4.78 is 52.1. The summed E-state index contributed by atoms with van der Waals surface area (Å²) in [5.41, 5.74) is 6.42. The van der Waals surface area contributed by atoms with E-state index in [9.17, 15) is 17.6 Å². The monoisotopic (exact) mass is 353 g/mol. The number of benzene rings is 1. The molecule has 0 spiro atoms. The summed E-state index contributed by atoms with van der Waals surface area (Å²) in [7, 11) is 0. The minimum Gasteiger partial charge on any atom is -0.324 e. The van der Waals surface area contributed by atoms with Gasteiger partial charge in [-0.3, -0.25) is 0 Å². The Balaban J connectivity index is 2.05. The molecule has 1 aliphatic rings. The smallest absolute Gasteiger partial charge is 0.324 e. The fraction of sp³-hybridized carbons (Fsp3) is 0.571. The van der Waals surface area contributed by atoms with Gasteiger partial charge in [-0.15, -0.1) is 0 Å². The minimum atomic E-state index is -4.13.